The van der Waals surface area contributed by atoms with Gasteiger partial charge < -0.3 is 16.0 Å². The van der Waals surface area contributed by atoms with E-state index in [1.807, 2.05) is 49.9 Å². The number of nitrogens with one attached hydrogen (secondary N) is 1. The van der Waals surface area contributed by atoms with Crippen LogP contribution in [0.3, 0.4) is 0 Å². The van der Waals surface area contributed by atoms with Crippen molar-refractivity contribution in [1.29, 1.82) is 0 Å². The number of rotatable bonds is 4. The number of hydrogen-bond donors (Lipinski definition) is 2. The molecule has 0 aliphatic carbocycles. The molecule has 1 heterocycles. The molecule has 28 heavy (non-hydrogen) atoms. The normalized spacial score (nSPS) is 14.8. The molecular formula is C22H28N4O2. The van der Waals surface area contributed by atoms with Gasteiger partial charge in [0.05, 0.1) is 6.54 Å². The number of benzene rings is 2. The van der Waals surface area contributed by atoms with E-state index in [0.29, 0.717) is 44.0 Å². The van der Waals surface area contributed by atoms with Crippen LogP contribution in [0.15, 0.2) is 36.4 Å². The summed E-state index contributed by atoms with van der Waals surface area (Å²) in [7, 11) is 0. The lowest BCUT2D eigenvalue weighted by Gasteiger charge is -2.34. The van der Waals surface area contributed by atoms with Crippen LogP contribution < -0.4 is 11.1 Å². The van der Waals surface area contributed by atoms with E-state index < -0.39 is 0 Å². The first-order valence-corrected chi connectivity index (χ1v) is 9.59. The SMILES string of the molecule is Cc1ccc(N)cc1C(=O)N1CCN(CC(=O)Nc2cccc(C)c2C)CC1. The number of carbonyl (C=O) groups excluding carboxylic acids is 2. The van der Waals surface area contributed by atoms with Gasteiger partial charge in [-0.05, 0) is 55.7 Å². The summed E-state index contributed by atoms with van der Waals surface area (Å²) < 4.78 is 0. The summed E-state index contributed by atoms with van der Waals surface area (Å²) in [6, 6.07) is 11.3. The first kappa shape index (κ1) is 19.9. The molecule has 3 N–H and O–H groups in total. The molecule has 6 heteroatoms. The van der Waals surface area contributed by atoms with Gasteiger partial charge in [0.1, 0.15) is 0 Å². The van der Waals surface area contributed by atoms with Crippen LogP contribution in [0.4, 0.5) is 11.4 Å². The molecule has 1 fully saturated rings. The summed E-state index contributed by atoms with van der Waals surface area (Å²) in [5, 5.41) is 3.00. The predicted molar refractivity (Wildman–Crippen MR) is 112 cm³/mol. The Bertz CT molecular complexity index is 886. The van der Waals surface area contributed by atoms with E-state index in [1.54, 1.807) is 12.1 Å². The second kappa shape index (κ2) is 8.44. The molecular weight excluding hydrogens is 352 g/mol. The fourth-order valence-electron chi connectivity index (χ4n) is 3.43. The first-order chi connectivity index (χ1) is 13.3. The summed E-state index contributed by atoms with van der Waals surface area (Å²) in [4.78, 5) is 29.1. The van der Waals surface area contributed by atoms with Crippen LogP contribution in [0.5, 0.6) is 0 Å². The second-order valence-corrected chi connectivity index (χ2v) is 7.44. The quantitative estimate of drug-likeness (QED) is 0.799. The molecule has 0 unspecified atom stereocenters. The van der Waals surface area contributed by atoms with Crippen LogP contribution in [0.1, 0.15) is 27.0 Å². The maximum atomic E-state index is 12.8. The molecule has 0 aromatic heterocycles. The van der Waals surface area contributed by atoms with Crippen LogP contribution in [-0.4, -0.2) is 54.3 Å². The van der Waals surface area contributed by atoms with Gasteiger partial charge in [-0.15, -0.1) is 0 Å². The highest BCUT2D eigenvalue weighted by molar-refractivity contribution is 5.96. The van der Waals surface area contributed by atoms with Crippen molar-refractivity contribution in [3.63, 3.8) is 0 Å². The van der Waals surface area contributed by atoms with Gasteiger partial charge in [0, 0.05) is 43.1 Å². The van der Waals surface area contributed by atoms with Gasteiger partial charge in [0.25, 0.3) is 5.91 Å². The fraction of sp³-hybridized carbons (Fsp3) is 0.364. The molecule has 2 amide bonds. The van der Waals surface area contributed by atoms with Crippen molar-refractivity contribution in [3.05, 3.63) is 58.7 Å². The van der Waals surface area contributed by atoms with E-state index in [1.165, 1.54) is 0 Å². The molecule has 1 saturated heterocycles. The number of hydrogen-bond acceptors (Lipinski definition) is 4. The minimum Gasteiger partial charge on any atom is -0.399 e. The monoisotopic (exact) mass is 380 g/mol. The predicted octanol–water partition coefficient (Wildman–Crippen LogP) is 2.59. The van der Waals surface area contributed by atoms with E-state index in [2.05, 4.69) is 10.2 Å². The highest BCUT2D eigenvalue weighted by atomic mass is 16.2. The molecule has 0 radical (unpaired) electrons. The van der Waals surface area contributed by atoms with Crippen molar-refractivity contribution in [2.24, 2.45) is 0 Å². The minimum absolute atomic E-state index is 0.00397. The van der Waals surface area contributed by atoms with Crippen molar-refractivity contribution >= 4 is 23.2 Å². The van der Waals surface area contributed by atoms with Crippen LogP contribution in [0.25, 0.3) is 0 Å². The fourth-order valence-corrected chi connectivity index (χ4v) is 3.43. The summed E-state index contributed by atoms with van der Waals surface area (Å²) in [6.07, 6.45) is 0. The Morgan fingerprint density at radius 1 is 1.00 bits per heavy atom. The Morgan fingerprint density at radius 3 is 2.43 bits per heavy atom. The molecule has 0 bridgehead atoms. The highest BCUT2D eigenvalue weighted by Crippen LogP contribution is 2.19. The molecule has 3 rings (SSSR count). The van der Waals surface area contributed by atoms with Crippen LogP contribution in [0, 0.1) is 20.8 Å². The Hall–Kier alpha value is -2.86. The van der Waals surface area contributed by atoms with Crippen molar-refractivity contribution in [1.82, 2.24) is 9.80 Å². The van der Waals surface area contributed by atoms with Gasteiger partial charge in [-0.2, -0.15) is 0 Å². The van der Waals surface area contributed by atoms with Crippen molar-refractivity contribution in [2.45, 2.75) is 20.8 Å². The van der Waals surface area contributed by atoms with Gasteiger partial charge in [0.2, 0.25) is 5.91 Å². The van der Waals surface area contributed by atoms with Crippen LogP contribution in [0.2, 0.25) is 0 Å². The molecule has 2 aromatic carbocycles. The molecule has 148 valence electrons. The molecule has 1 aliphatic rings. The summed E-state index contributed by atoms with van der Waals surface area (Å²) in [5.41, 5.74) is 11.1. The topological polar surface area (TPSA) is 78.7 Å². The van der Waals surface area contributed by atoms with Gasteiger partial charge >= 0.3 is 0 Å². The molecule has 0 atom stereocenters. The zero-order chi connectivity index (χ0) is 20.3. The average molecular weight is 380 g/mol. The minimum atomic E-state index is -0.0276. The molecule has 6 nitrogen and oxygen atoms in total. The van der Waals surface area contributed by atoms with Gasteiger partial charge in [-0.25, -0.2) is 0 Å². The number of anilines is 2. The molecule has 1 aliphatic heterocycles. The largest absolute Gasteiger partial charge is 0.399 e. The smallest absolute Gasteiger partial charge is 0.254 e. The lowest BCUT2D eigenvalue weighted by atomic mass is 10.1. The van der Waals surface area contributed by atoms with Crippen molar-refractivity contribution in [2.75, 3.05) is 43.8 Å². The molecule has 0 saturated carbocycles. The zero-order valence-electron chi connectivity index (χ0n) is 16.8. The van der Waals surface area contributed by atoms with Gasteiger partial charge in [-0.1, -0.05) is 18.2 Å². The van der Waals surface area contributed by atoms with Gasteiger partial charge in [0.15, 0.2) is 0 Å². The van der Waals surface area contributed by atoms with Crippen molar-refractivity contribution in [3.8, 4) is 0 Å². The standard InChI is InChI=1S/C22H28N4O2/c1-15-5-4-6-20(17(15)3)24-21(27)14-25-9-11-26(12-10-25)22(28)19-13-18(23)8-7-16(19)2/h4-8,13H,9-12,14,23H2,1-3H3,(H,24,27). The number of carbonyl (C=O) groups is 2. The lowest BCUT2D eigenvalue weighted by Crippen LogP contribution is -2.50. The summed E-state index contributed by atoms with van der Waals surface area (Å²) >= 11 is 0. The van der Waals surface area contributed by atoms with E-state index in [-0.39, 0.29) is 11.8 Å². The third kappa shape index (κ3) is 4.51. The van der Waals surface area contributed by atoms with Crippen molar-refractivity contribution < 1.29 is 9.59 Å². The molecule has 0 spiro atoms. The number of piperazine rings is 1. The summed E-state index contributed by atoms with van der Waals surface area (Å²) in [6.45, 7) is 8.83. The second-order valence-electron chi connectivity index (χ2n) is 7.44. The van der Waals surface area contributed by atoms with Crippen LogP contribution >= 0.6 is 0 Å². The maximum Gasteiger partial charge on any atom is 0.254 e. The first-order valence-electron chi connectivity index (χ1n) is 9.59. The number of amides is 2. The van der Waals surface area contributed by atoms with E-state index in [0.717, 1.165) is 22.4 Å². The number of aryl methyl sites for hydroxylation is 2. The number of nitrogens with zero attached hydrogens (tertiary/aromatic N) is 2. The third-order valence-corrected chi connectivity index (χ3v) is 5.40. The van der Waals surface area contributed by atoms with Crippen LogP contribution in [-0.2, 0) is 4.79 Å². The summed E-state index contributed by atoms with van der Waals surface area (Å²) in [5.74, 6) is -0.0237. The van der Waals surface area contributed by atoms with E-state index in [9.17, 15) is 9.59 Å². The van der Waals surface area contributed by atoms with E-state index >= 15 is 0 Å². The Morgan fingerprint density at radius 2 is 1.71 bits per heavy atom. The van der Waals surface area contributed by atoms with Gasteiger partial charge in [-0.3, -0.25) is 14.5 Å². The lowest BCUT2D eigenvalue weighted by molar-refractivity contribution is -0.117. The number of nitrogens with two attached hydrogens (primary N) is 1. The third-order valence-electron chi connectivity index (χ3n) is 5.40. The average Bonchev–Trinajstić information content (AvgIpc) is 2.67. The zero-order valence-corrected chi connectivity index (χ0v) is 16.8. The Kier molecular flexibility index (Phi) is 5.99. The maximum absolute atomic E-state index is 12.8. The number of nitrogen functional groups attached to an aromatic ring is 1. The Labute approximate surface area is 166 Å². The van der Waals surface area contributed by atoms with E-state index in [4.69, 9.17) is 5.73 Å². The molecule has 2 aromatic rings. The highest BCUT2D eigenvalue weighted by Gasteiger charge is 2.24. The Balaban J connectivity index is 1.54.